The van der Waals surface area contributed by atoms with Crippen LogP contribution in [-0.4, -0.2) is 23.1 Å². The summed E-state index contributed by atoms with van der Waals surface area (Å²) in [5.41, 5.74) is 2.36. The third-order valence-corrected chi connectivity index (χ3v) is 4.65. The summed E-state index contributed by atoms with van der Waals surface area (Å²) in [7, 11) is 0. The van der Waals surface area contributed by atoms with E-state index in [9.17, 15) is 14.0 Å². The highest BCUT2D eigenvalue weighted by Gasteiger charge is 2.28. The van der Waals surface area contributed by atoms with Gasteiger partial charge in [-0.3, -0.25) is 4.79 Å². The van der Waals surface area contributed by atoms with E-state index >= 15 is 0 Å². The van der Waals surface area contributed by atoms with Crippen molar-refractivity contribution in [2.75, 3.05) is 11.9 Å². The normalized spacial score (nSPS) is 13.6. The Morgan fingerprint density at radius 3 is 2.68 bits per heavy atom. The minimum atomic E-state index is -0.592. The number of aromatic nitrogens is 1. The molecule has 1 aliphatic rings. The number of carbonyl (C=O) groups is 2. The number of aryl methyl sites for hydroxylation is 1. The molecule has 5 nitrogen and oxygen atoms in total. The molecule has 2 aromatic rings. The van der Waals surface area contributed by atoms with Crippen LogP contribution in [0.3, 0.4) is 0 Å². The highest BCUT2D eigenvalue weighted by Crippen LogP contribution is 2.38. The van der Waals surface area contributed by atoms with Gasteiger partial charge in [0.15, 0.2) is 6.61 Å². The van der Waals surface area contributed by atoms with E-state index in [0.29, 0.717) is 16.1 Å². The molecule has 3 rings (SSSR count). The van der Waals surface area contributed by atoms with Gasteiger partial charge in [0.2, 0.25) is 0 Å². The van der Waals surface area contributed by atoms with Crippen molar-refractivity contribution in [3.05, 3.63) is 51.5 Å². The minimum Gasteiger partial charge on any atom is -0.452 e. The summed E-state index contributed by atoms with van der Waals surface area (Å²) in [6, 6.07) is 6.53. The quantitative estimate of drug-likeness (QED) is 0.756. The molecule has 132 valence electrons. The number of rotatable bonds is 5. The summed E-state index contributed by atoms with van der Waals surface area (Å²) >= 11 is 3.14. The summed E-state index contributed by atoms with van der Waals surface area (Å²) in [4.78, 5) is 24.1. The van der Waals surface area contributed by atoms with Crippen molar-refractivity contribution in [3.8, 4) is 0 Å². The average Bonchev–Trinajstić information content (AvgIpc) is 3.33. The van der Waals surface area contributed by atoms with Gasteiger partial charge in [-0.25, -0.2) is 9.18 Å². The number of anilines is 1. The highest BCUT2D eigenvalue weighted by atomic mass is 79.9. The maximum absolute atomic E-state index is 13.7. The zero-order chi connectivity index (χ0) is 18.1. The predicted molar refractivity (Wildman–Crippen MR) is 95.2 cm³/mol. The molecule has 1 heterocycles. The lowest BCUT2D eigenvalue weighted by Crippen LogP contribution is -2.21. The summed E-state index contributed by atoms with van der Waals surface area (Å²) < 4.78 is 21.5. The third kappa shape index (κ3) is 3.92. The third-order valence-electron chi connectivity index (χ3n) is 4.16. The van der Waals surface area contributed by atoms with Crippen molar-refractivity contribution in [3.63, 3.8) is 0 Å². The Hall–Kier alpha value is -2.15. The van der Waals surface area contributed by atoms with Gasteiger partial charge in [-0.05, 0) is 51.0 Å². The second kappa shape index (κ2) is 7.00. The molecule has 0 unspecified atom stereocenters. The number of benzene rings is 1. The first kappa shape index (κ1) is 17.7. The van der Waals surface area contributed by atoms with E-state index in [1.807, 2.05) is 13.8 Å². The number of esters is 1. The molecule has 0 bridgehead atoms. The van der Waals surface area contributed by atoms with Crippen LogP contribution in [0.5, 0.6) is 0 Å². The van der Waals surface area contributed by atoms with E-state index in [1.54, 1.807) is 12.1 Å². The standard InChI is InChI=1S/C18H18BrFN2O3/c1-10-7-14(11(2)22(10)13-4-5-13)18(24)25-9-17(23)21-16-6-3-12(19)8-15(16)20/h3,6-8,13H,4-5,9H2,1-2H3,(H,21,23). The lowest BCUT2D eigenvalue weighted by atomic mass is 10.2. The van der Waals surface area contributed by atoms with E-state index in [0.717, 1.165) is 24.2 Å². The minimum absolute atomic E-state index is 0.0381. The van der Waals surface area contributed by atoms with Gasteiger partial charge >= 0.3 is 5.97 Å². The SMILES string of the molecule is Cc1cc(C(=O)OCC(=O)Nc2ccc(Br)cc2F)c(C)n1C1CC1. The van der Waals surface area contributed by atoms with Crippen LogP contribution in [0.25, 0.3) is 0 Å². The molecule has 0 radical (unpaired) electrons. The molecule has 1 saturated carbocycles. The Labute approximate surface area is 153 Å². The van der Waals surface area contributed by atoms with Gasteiger partial charge in [-0.15, -0.1) is 0 Å². The zero-order valence-electron chi connectivity index (χ0n) is 13.9. The molecule has 0 aliphatic heterocycles. The fourth-order valence-electron chi connectivity index (χ4n) is 2.86. The molecular formula is C18H18BrFN2O3. The molecule has 1 fully saturated rings. The van der Waals surface area contributed by atoms with Crippen molar-refractivity contribution in [1.29, 1.82) is 0 Å². The Morgan fingerprint density at radius 1 is 1.32 bits per heavy atom. The van der Waals surface area contributed by atoms with Crippen molar-refractivity contribution in [1.82, 2.24) is 4.57 Å². The van der Waals surface area contributed by atoms with E-state index < -0.39 is 24.3 Å². The molecule has 0 saturated heterocycles. The van der Waals surface area contributed by atoms with E-state index in [1.165, 1.54) is 12.1 Å². The van der Waals surface area contributed by atoms with E-state index in [4.69, 9.17) is 4.74 Å². The van der Waals surface area contributed by atoms with Gasteiger partial charge in [0.1, 0.15) is 5.82 Å². The first-order valence-corrected chi connectivity index (χ1v) is 8.76. The number of halogens is 2. The van der Waals surface area contributed by atoms with Crippen molar-refractivity contribution >= 4 is 33.5 Å². The lowest BCUT2D eigenvalue weighted by Gasteiger charge is -2.09. The van der Waals surface area contributed by atoms with Crippen LogP contribution in [0.1, 0.15) is 40.6 Å². The Bertz CT molecular complexity index is 843. The van der Waals surface area contributed by atoms with E-state index in [-0.39, 0.29) is 5.69 Å². The van der Waals surface area contributed by atoms with Gasteiger partial charge in [-0.2, -0.15) is 0 Å². The van der Waals surface area contributed by atoms with Gasteiger partial charge in [-0.1, -0.05) is 15.9 Å². The molecule has 0 spiro atoms. The molecular weight excluding hydrogens is 391 g/mol. The number of hydrogen-bond donors (Lipinski definition) is 1. The molecule has 25 heavy (non-hydrogen) atoms. The number of nitrogens with one attached hydrogen (secondary N) is 1. The number of ether oxygens (including phenoxy) is 1. The number of amides is 1. The number of carbonyl (C=O) groups excluding carboxylic acids is 2. The second-order valence-electron chi connectivity index (χ2n) is 6.13. The summed E-state index contributed by atoms with van der Waals surface area (Å²) in [6.07, 6.45) is 2.23. The first-order chi connectivity index (χ1) is 11.9. The summed E-state index contributed by atoms with van der Waals surface area (Å²) in [6.45, 7) is 3.35. The smallest absolute Gasteiger partial charge is 0.340 e. The van der Waals surface area contributed by atoms with Crippen molar-refractivity contribution in [2.24, 2.45) is 0 Å². The van der Waals surface area contributed by atoms with Crippen LogP contribution in [0, 0.1) is 19.7 Å². The highest BCUT2D eigenvalue weighted by molar-refractivity contribution is 9.10. The van der Waals surface area contributed by atoms with Crippen LogP contribution < -0.4 is 5.32 Å². The Balaban J connectivity index is 1.60. The summed E-state index contributed by atoms with van der Waals surface area (Å²) in [5.74, 6) is -1.71. The first-order valence-electron chi connectivity index (χ1n) is 7.97. The topological polar surface area (TPSA) is 60.3 Å². The largest absolute Gasteiger partial charge is 0.452 e. The summed E-state index contributed by atoms with van der Waals surface area (Å²) in [5, 5.41) is 2.39. The molecule has 0 atom stereocenters. The van der Waals surface area contributed by atoms with Crippen LogP contribution in [0.15, 0.2) is 28.7 Å². The van der Waals surface area contributed by atoms with Gasteiger partial charge in [0.05, 0.1) is 11.3 Å². The van der Waals surface area contributed by atoms with Crippen LogP contribution >= 0.6 is 15.9 Å². The Kier molecular flexibility index (Phi) is 4.94. The molecule has 7 heteroatoms. The van der Waals surface area contributed by atoms with Crippen LogP contribution in [-0.2, 0) is 9.53 Å². The molecule has 1 aromatic carbocycles. The Morgan fingerprint density at radius 2 is 2.04 bits per heavy atom. The molecule has 1 aliphatic carbocycles. The predicted octanol–water partition coefficient (Wildman–Crippen LogP) is 4.14. The maximum atomic E-state index is 13.7. The number of nitrogens with zero attached hydrogens (tertiary/aromatic N) is 1. The maximum Gasteiger partial charge on any atom is 0.340 e. The van der Waals surface area contributed by atoms with Crippen molar-refractivity contribution in [2.45, 2.75) is 32.7 Å². The van der Waals surface area contributed by atoms with E-state index in [2.05, 4.69) is 25.8 Å². The monoisotopic (exact) mass is 408 g/mol. The fourth-order valence-corrected chi connectivity index (χ4v) is 3.20. The fraction of sp³-hybridized carbons (Fsp3) is 0.333. The zero-order valence-corrected chi connectivity index (χ0v) is 15.5. The lowest BCUT2D eigenvalue weighted by molar-refractivity contribution is -0.119. The molecule has 1 N–H and O–H groups in total. The van der Waals surface area contributed by atoms with Crippen molar-refractivity contribution < 1.29 is 18.7 Å². The van der Waals surface area contributed by atoms with Crippen LogP contribution in [0.4, 0.5) is 10.1 Å². The molecule has 1 aromatic heterocycles. The second-order valence-corrected chi connectivity index (χ2v) is 7.05. The van der Waals surface area contributed by atoms with Gasteiger partial charge in [0.25, 0.3) is 5.91 Å². The number of hydrogen-bond acceptors (Lipinski definition) is 3. The molecule has 1 amide bonds. The average molecular weight is 409 g/mol. The van der Waals surface area contributed by atoms with Gasteiger partial charge in [0, 0.05) is 21.9 Å². The van der Waals surface area contributed by atoms with Crippen LogP contribution in [0.2, 0.25) is 0 Å². The van der Waals surface area contributed by atoms with Gasteiger partial charge < -0.3 is 14.6 Å².